The lowest BCUT2D eigenvalue weighted by molar-refractivity contribution is 1.45. The maximum Gasteiger partial charge on any atom is -0.0109 e. The molecule has 0 nitrogen and oxygen atoms in total. The van der Waals surface area contributed by atoms with E-state index in [9.17, 15) is 0 Å². The smallest absolute Gasteiger partial charge is 0.0109 e. The van der Waals surface area contributed by atoms with E-state index in [0.29, 0.717) is 0 Å². The largest absolute Gasteiger partial charge is 0.0984 e. The van der Waals surface area contributed by atoms with E-state index in [1.165, 1.54) is 44.5 Å². The summed E-state index contributed by atoms with van der Waals surface area (Å²) in [5.41, 5.74) is 10.8. The number of allylic oxidation sites excluding steroid dienone is 10. The number of hydrogen-bond acceptors (Lipinski definition) is 0. The van der Waals surface area contributed by atoms with Crippen molar-refractivity contribution in [1.29, 1.82) is 0 Å². The Kier molecular flexibility index (Phi) is 9.00. The van der Waals surface area contributed by atoms with Crippen LogP contribution in [0.5, 0.6) is 0 Å². The lowest BCUT2D eigenvalue weighted by Crippen LogP contribution is -1.90. The minimum absolute atomic E-state index is 1.14. The molecule has 0 atom stereocenters. The average Bonchev–Trinajstić information content (AvgIpc) is 2.85. The van der Waals surface area contributed by atoms with Gasteiger partial charge in [0.05, 0.1) is 0 Å². The molecule has 0 aliphatic carbocycles. The van der Waals surface area contributed by atoms with Crippen molar-refractivity contribution >= 4 is 17.2 Å². The first-order valence-corrected chi connectivity index (χ1v) is 11.8. The summed E-state index contributed by atoms with van der Waals surface area (Å²) in [5, 5.41) is 0. The monoisotopic (exact) mass is 442 g/mol. The fourth-order valence-electron chi connectivity index (χ4n) is 4.03. The van der Waals surface area contributed by atoms with Crippen molar-refractivity contribution in [1.82, 2.24) is 0 Å². The van der Waals surface area contributed by atoms with Crippen LogP contribution in [0.3, 0.4) is 0 Å². The average molecular weight is 443 g/mol. The number of benzene rings is 3. The zero-order valence-corrected chi connectivity index (χ0v) is 20.8. The Morgan fingerprint density at radius 3 is 2.18 bits per heavy atom. The van der Waals surface area contributed by atoms with Gasteiger partial charge in [-0.05, 0) is 66.7 Å². The van der Waals surface area contributed by atoms with Gasteiger partial charge in [0.15, 0.2) is 0 Å². The predicted molar refractivity (Wildman–Crippen MR) is 152 cm³/mol. The number of hydrogen-bond donors (Lipinski definition) is 0. The van der Waals surface area contributed by atoms with Crippen molar-refractivity contribution in [3.63, 3.8) is 0 Å². The summed E-state index contributed by atoms with van der Waals surface area (Å²) < 4.78 is 0. The molecular formula is C34H34. The third-order valence-corrected chi connectivity index (χ3v) is 5.67. The molecule has 3 aromatic carbocycles. The van der Waals surface area contributed by atoms with Gasteiger partial charge in [-0.3, -0.25) is 0 Å². The molecule has 0 fully saturated rings. The Bertz CT molecular complexity index is 1270. The van der Waals surface area contributed by atoms with Crippen LogP contribution in [0, 0.1) is 6.92 Å². The van der Waals surface area contributed by atoms with Gasteiger partial charge >= 0.3 is 0 Å². The van der Waals surface area contributed by atoms with E-state index < -0.39 is 0 Å². The Morgan fingerprint density at radius 2 is 1.50 bits per heavy atom. The number of rotatable bonds is 8. The van der Waals surface area contributed by atoms with Crippen LogP contribution in [0.25, 0.3) is 28.3 Å². The molecule has 0 saturated heterocycles. The minimum Gasteiger partial charge on any atom is -0.0984 e. The molecule has 0 aromatic heterocycles. The first-order valence-electron chi connectivity index (χ1n) is 11.8. The van der Waals surface area contributed by atoms with Crippen LogP contribution in [0.15, 0.2) is 127 Å². The number of aryl methyl sites for hydroxylation is 1. The maximum absolute atomic E-state index is 4.12. The summed E-state index contributed by atoms with van der Waals surface area (Å²) in [7, 11) is 0. The third kappa shape index (κ3) is 6.33. The molecule has 170 valence electrons. The lowest BCUT2D eigenvalue weighted by atomic mass is 9.91. The zero-order chi connectivity index (χ0) is 24.3. The second-order valence-electron chi connectivity index (χ2n) is 8.34. The van der Waals surface area contributed by atoms with Gasteiger partial charge in [-0.1, -0.05) is 139 Å². The molecular weight excluding hydrogens is 408 g/mol. The third-order valence-electron chi connectivity index (χ3n) is 5.67. The van der Waals surface area contributed by atoms with Gasteiger partial charge in [0.1, 0.15) is 0 Å². The van der Waals surface area contributed by atoms with Crippen LogP contribution >= 0.6 is 0 Å². The highest BCUT2D eigenvalue weighted by atomic mass is 14.1. The predicted octanol–water partition coefficient (Wildman–Crippen LogP) is 9.87. The second-order valence-corrected chi connectivity index (χ2v) is 8.34. The van der Waals surface area contributed by atoms with Crippen LogP contribution < -0.4 is 0 Å². The summed E-state index contributed by atoms with van der Waals surface area (Å²) in [5.74, 6) is 0. The summed E-state index contributed by atoms with van der Waals surface area (Å²) in [6.45, 7) is 12.5. The van der Waals surface area contributed by atoms with E-state index >= 15 is 0 Å². The van der Waals surface area contributed by atoms with Gasteiger partial charge in [0.25, 0.3) is 0 Å². The van der Waals surface area contributed by atoms with Crippen LogP contribution in [0.1, 0.15) is 43.0 Å². The fourth-order valence-corrected chi connectivity index (χ4v) is 4.03. The van der Waals surface area contributed by atoms with Gasteiger partial charge in [-0.25, -0.2) is 0 Å². The summed E-state index contributed by atoms with van der Waals surface area (Å²) in [4.78, 5) is 0. The van der Waals surface area contributed by atoms with Crippen LogP contribution in [0.2, 0.25) is 0 Å². The first kappa shape index (κ1) is 24.7. The summed E-state index contributed by atoms with van der Waals surface area (Å²) in [6.07, 6.45) is 16.8. The van der Waals surface area contributed by atoms with Gasteiger partial charge in [0.2, 0.25) is 0 Å². The topological polar surface area (TPSA) is 0 Å². The Hall–Kier alpha value is -3.90. The molecule has 0 radical (unpaired) electrons. The summed E-state index contributed by atoms with van der Waals surface area (Å²) in [6, 6.07) is 26.0. The van der Waals surface area contributed by atoms with Gasteiger partial charge < -0.3 is 0 Å². The van der Waals surface area contributed by atoms with Gasteiger partial charge in [-0.15, -0.1) is 0 Å². The lowest BCUT2D eigenvalue weighted by Gasteiger charge is -2.13. The molecule has 34 heavy (non-hydrogen) atoms. The normalized spacial score (nSPS) is 13.1. The van der Waals surface area contributed by atoms with Crippen molar-refractivity contribution in [2.75, 3.05) is 0 Å². The van der Waals surface area contributed by atoms with Gasteiger partial charge in [0, 0.05) is 0 Å². The van der Waals surface area contributed by atoms with E-state index in [0.717, 1.165) is 5.57 Å². The molecule has 0 heteroatoms. The second kappa shape index (κ2) is 12.4. The van der Waals surface area contributed by atoms with Crippen LogP contribution in [-0.2, 0) is 0 Å². The van der Waals surface area contributed by atoms with Crippen LogP contribution in [0.4, 0.5) is 0 Å². The van der Waals surface area contributed by atoms with E-state index in [-0.39, 0.29) is 0 Å². The molecule has 3 rings (SSSR count). The highest BCUT2D eigenvalue weighted by Crippen LogP contribution is 2.32. The van der Waals surface area contributed by atoms with Crippen molar-refractivity contribution in [2.45, 2.75) is 27.7 Å². The van der Waals surface area contributed by atoms with Crippen molar-refractivity contribution in [2.24, 2.45) is 0 Å². The fraction of sp³-hybridized carbons (Fsp3) is 0.118. The molecule has 0 spiro atoms. The van der Waals surface area contributed by atoms with E-state index in [1.807, 2.05) is 25.2 Å². The zero-order valence-electron chi connectivity index (χ0n) is 20.8. The molecule has 0 N–H and O–H groups in total. The van der Waals surface area contributed by atoms with E-state index in [2.05, 4.69) is 131 Å². The molecule has 0 unspecified atom stereocenters. The molecule has 0 saturated carbocycles. The minimum atomic E-state index is 1.14. The highest BCUT2D eigenvalue weighted by Gasteiger charge is 2.09. The van der Waals surface area contributed by atoms with Crippen LogP contribution in [-0.4, -0.2) is 0 Å². The van der Waals surface area contributed by atoms with Crippen molar-refractivity contribution in [3.05, 3.63) is 150 Å². The Labute approximate surface area is 205 Å². The first-order chi connectivity index (χ1) is 16.6. The van der Waals surface area contributed by atoms with Gasteiger partial charge in [-0.2, -0.15) is 0 Å². The Morgan fingerprint density at radius 1 is 0.735 bits per heavy atom. The molecule has 0 aliphatic heterocycles. The molecule has 0 aliphatic rings. The molecule has 0 heterocycles. The highest BCUT2D eigenvalue weighted by molar-refractivity contribution is 5.99. The standard InChI is InChI=1S/C34H34/c1-6-9-10-15-26(4)25-31-17-11-12-19-33(31)28-20-22-29(23-21-28)34(14-7-2)32(8-3)30-18-13-16-27(5)24-30/h6-25H,3H2,1-2,4-5H3/b9-6-,14-7-,15-10-,26-25+,34-32-. The van der Waals surface area contributed by atoms with Crippen molar-refractivity contribution < 1.29 is 0 Å². The van der Waals surface area contributed by atoms with Crippen molar-refractivity contribution in [3.8, 4) is 11.1 Å². The Balaban J connectivity index is 2.03. The molecule has 0 bridgehead atoms. The quantitative estimate of drug-likeness (QED) is 0.240. The maximum atomic E-state index is 4.12. The summed E-state index contributed by atoms with van der Waals surface area (Å²) >= 11 is 0. The van der Waals surface area contributed by atoms with E-state index in [1.54, 1.807) is 0 Å². The molecule has 0 amide bonds. The van der Waals surface area contributed by atoms with E-state index in [4.69, 9.17) is 0 Å². The molecule has 3 aromatic rings. The SMILES string of the molecule is C=C/C(=C(\C=C/C)c1ccc(-c2ccccc2/C=C(C)/C=C\C=C/C)cc1)c1cccc(C)c1.